The van der Waals surface area contributed by atoms with Crippen molar-refractivity contribution < 1.29 is 13.2 Å². The Morgan fingerprint density at radius 2 is 1.67 bits per heavy atom. The second-order valence-electron chi connectivity index (χ2n) is 4.58. The SMILES string of the molecule is CC(CC(F)(F)F)NC1CCCCCC1. The summed E-state index contributed by atoms with van der Waals surface area (Å²) in [6.45, 7) is 1.62. The highest BCUT2D eigenvalue weighted by molar-refractivity contribution is 4.75. The van der Waals surface area contributed by atoms with Crippen LogP contribution in [0.1, 0.15) is 51.9 Å². The number of alkyl halides is 3. The van der Waals surface area contributed by atoms with Gasteiger partial charge < -0.3 is 5.32 Å². The van der Waals surface area contributed by atoms with Crippen molar-refractivity contribution in [2.24, 2.45) is 0 Å². The van der Waals surface area contributed by atoms with E-state index in [1.807, 2.05) is 0 Å². The second kappa shape index (κ2) is 5.73. The van der Waals surface area contributed by atoms with Crippen molar-refractivity contribution in [1.29, 1.82) is 0 Å². The van der Waals surface area contributed by atoms with Crippen LogP contribution < -0.4 is 5.32 Å². The van der Waals surface area contributed by atoms with E-state index in [1.54, 1.807) is 6.92 Å². The van der Waals surface area contributed by atoms with Gasteiger partial charge in [0.2, 0.25) is 0 Å². The Morgan fingerprint density at radius 3 is 2.13 bits per heavy atom. The van der Waals surface area contributed by atoms with Gasteiger partial charge in [-0.05, 0) is 19.8 Å². The summed E-state index contributed by atoms with van der Waals surface area (Å²) in [6.07, 6.45) is 2.05. The largest absolute Gasteiger partial charge is 0.390 e. The Kier molecular flexibility index (Phi) is 4.90. The van der Waals surface area contributed by atoms with E-state index in [-0.39, 0.29) is 0 Å². The van der Waals surface area contributed by atoms with Gasteiger partial charge in [-0.15, -0.1) is 0 Å². The molecule has 4 heteroatoms. The molecule has 0 aromatic heterocycles. The van der Waals surface area contributed by atoms with Crippen molar-refractivity contribution >= 4 is 0 Å². The fraction of sp³-hybridized carbons (Fsp3) is 1.00. The summed E-state index contributed by atoms with van der Waals surface area (Å²) in [4.78, 5) is 0. The van der Waals surface area contributed by atoms with Gasteiger partial charge in [0.15, 0.2) is 0 Å². The van der Waals surface area contributed by atoms with Gasteiger partial charge in [0.25, 0.3) is 0 Å². The van der Waals surface area contributed by atoms with Crippen LogP contribution in [0.4, 0.5) is 13.2 Å². The molecule has 15 heavy (non-hydrogen) atoms. The standard InChI is InChI=1S/C11H20F3N/c1-9(8-11(12,13)14)15-10-6-4-2-3-5-7-10/h9-10,15H,2-8H2,1H3. The Bertz CT molecular complexity index is 171. The zero-order chi connectivity index (χ0) is 11.3. The zero-order valence-corrected chi connectivity index (χ0v) is 9.24. The maximum absolute atomic E-state index is 12.1. The average molecular weight is 223 g/mol. The van der Waals surface area contributed by atoms with Gasteiger partial charge in [-0.3, -0.25) is 0 Å². The highest BCUT2D eigenvalue weighted by atomic mass is 19.4. The van der Waals surface area contributed by atoms with Crippen molar-refractivity contribution in [2.45, 2.75) is 70.1 Å². The number of nitrogens with one attached hydrogen (secondary N) is 1. The predicted molar refractivity (Wildman–Crippen MR) is 54.8 cm³/mol. The summed E-state index contributed by atoms with van der Waals surface area (Å²) < 4.78 is 36.3. The molecule has 1 atom stereocenters. The molecule has 0 saturated heterocycles. The first kappa shape index (κ1) is 12.8. The fourth-order valence-electron chi connectivity index (χ4n) is 2.25. The third kappa shape index (κ3) is 6.03. The molecule has 0 amide bonds. The first-order valence-corrected chi connectivity index (χ1v) is 5.80. The molecule has 1 nitrogen and oxygen atoms in total. The fourth-order valence-corrected chi connectivity index (χ4v) is 2.25. The lowest BCUT2D eigenvalue weighted by Gasteiger charge is -2.22. The van der Waals surface area contributed by atoms with Crippen molar-refractivity contribution in [2.75, 3.05) is 0 Å². The zero-order valence-electron chi connectivity index (χ0n) is 9.24. The Hall–Kier alpha value is -0.250. The molecule has 90 valence electrons. The molecule has 0 spiro atoms. The van der Waals surface area contributed by atoms with E-state index in [9.17, 15) is 13.2 Å². The van der Waals surface area contributed by atoms with E-state index in [4.69, 9.17) is 0 Å². The van der Waals surface area contributed by atoms with Gasteiger partial charge in [0.05, 0.1) is 6.42 Å². The lowest BCUT2D eigenvalue weighted by Crippen LogP contribution is -2.38. The van der Waals surface area contributed by atoms with Crippen LogP contribution >= 0.6 is 0 Å². The quantitative estimate of drug-likeness (QED) is 0.720. The van der Waals surface area contributed by atoms with Crippen LogP contribution in [0.3, 0.4) is 0 Å². The normalized spacial score (nSPS) is 22.4. The third-order valence-electron chi connectivity index (χ3n) is 2.91. The molecule has 1 aliphatic carbocycles. The summed E-state index contributed by atoms with van der Waals surface area (Å²) in [6, 6.07) is -0.155. The number of hydrogen-bond donors (Lipinski definition) is 1. The van der Waals surface area contributed by atoms with Gasteiger partial charge in [-0.2, -0.15) is 13.2 Å². The monoisotopic (exact) mass is 223 g/mol. The summed E-state index contributed by atoms with van der Waals surface area (Å²) in [5, 5.41) is 3.10. The molecular weight excluding hydrogens is 203 g/mol. The minimum Gasteiger partial charge on any atom is -0.311 e. The van der Waals surface area contributed by atoms with Crippen LogP contribution in [0, 0.1) is 0 Å². The average Bonchev–Trinajstić information content (AvgIpc) is 2.28. The van der Waals surface area contributed by atoms with Crippen LogP contribution in [-0.4, -0.2) is 18.3 Å². The van der Waals surface area contributed by atoms with Gasteiger partial charge in [0, 0.05) is 12.1 Å². The first-order chi connectivity index (χ1) is 6.97. The van der Waals surface area contributed by atoms with Gasteiger partial charge in [-0.1, -0.05) is 25.7 Å². The molecule has 0 heterocycles. The van der Waals surface area contributed by atoms with Crippen molar-refractivity contribution in [1.82, 2.24) is 5.32 Å². The van der Waals surface area contributed by atoms with E-state index in [0.29, 0.717) is 6.04 Å². The summed E-state index contributed by atoms with van der Waals surface area (Å²) in [5.74, 6) is 0. The molecule has 1 N–H and O–H groups in total. The summed E-state index contributed by atoms with van der Waals surface area (Å²) in [7, 11) is 0. The molecule has 0 bridgehead atoms. The van der Waals surface area contributed by atoms with E-state index in [1.165, 1.54) is 12.8 Å². The summed E-state index contributed by atoms with van der Waals surface area (Å²) >= 11 is 0. The van der Waals surface area contributed by atoms with Crippen LogP contribution in [0.5, 0.6) is 0 Å². The molecule has 0 aromatic rings. The topological polar surface area (TPSA) is 12.0 Å². The maximum atomic E-state index is 12.1. The van der Waals surface area contributed by atoms with Crippen LogP contribution in [0.15, 0.2) is 0 Å². The van der Waals surface area contributed by atoms with E-state index < -0.39 is 18.6 Å². The Morgan fingerprint density at radius 1 is 1.13 bits per heavy atom. The van der Waals surface area contributed by atoms with Crippen LogP contribution in [0.25, 0.3) is 0 Å². The lowest BCUT2D eigenvalue weighted by atomic mass is 10.1. The van der Waals surface area contributed by atoms with Gasteiger partial charge in [-0.25, -0.2) is 0 Å². The number of hydrogen-bond acceptors (Lipinski definition) is 1. The van der Waals surface area contributed by atoms with Crippen LogP contribution in [0.2, 0.25) is 0 Å². The van der Waals surface area contributed by atoms with Crippen molar-refractivity contribution in [3.63, 3.8) is 0 Å². The minimum atomic E-state index is -4.04. The predicted octanol–water partition coefficient (Wildman–Crippen LogP) is 3.64. The van der Waals surface area contributed by atoms with Gasteiger partial charge in [0.1, 0.15) is 0 Å². The molecule has 1 unspecified atom stereocenters. The lowest BCUT2D eigenvalue weighted by molar-refractivity contribution is -0.139. The second-order valence-corrected chi connectivity index (χ2v) is 4.58. The highest BCUT2D eigenvalue weighted by Crippen LogP contribution is 2.23. The molecule has 1 aliphatic rings. The van der Waals surface area contributed by atoms with E-state index in [0.717, 1.165) is 25.7 Å². The minimum absolute atomic E-state index is 0.296. The molecule has 0 aliphatic heterocycles. The van der Waals surface area contributed by atoms with Gasteiger partial charge >= 0.3 is 6.18 Å². The third-order valence-corrected chi connectivity index (χ3v) is 2.91. The molecular formula is C11H20F3N. The highest BCUT2D eigenvalue weighted by Gasteiger charge is 2.30. The summed E-state index contributed by atoms with van der Waals surface area (Å²) in [5.41, 5.74) is 0. The number of halogens is 3. The van der Waals surface area contributed by atoms with Crippen LogP contribution in [-0.2, 0) is 0 Å². The number of rotatable bonds is 3. The molecule has 0 aromatic carbocycles. The molecule has 0 radical (unpaired) electrons. The first-order valence-electron chi connectivity index (χ1n) is 5.80. The van der Waals surface area contributed by atoms with Crippen molar-refractivity contribution in [3.8, 4) is 0 Å². The van der Waals surface area contributed by atoms with Crippen molar-refractivity contribution in [3.05, 3.63) is 0 Å². The Balaban J connectivity index is 2.26. The molecule has 1 fully saturated rings. The van der Waals surface area contributed by atoms with E-state index in [2.05, 4.69) is 5.32 Å². The molecule has 1 rings (SSSR count). The molecule has 1 saturated carbocycles. The van der Waals surface area contributed by atoms with E-state index >= 15 is 0 Å². The smallest absolute Gasteiger partial charge is 0.311 e. The maximum Gasteiger partial charge on any atom is 0.390 e. The Labute approximate surface area is 89.4 Å².